The third kappa shape index (κ3) is 4.36. The number of carbonyl (C=O) groups excluding carboxylic acids is 2. The molecular formula is C13H22ClN3O2. The van der Waals surface area contributed by atoms with Crippen molar-refractivity contribution in [2.24, 2.45) is 5.73 Å². The minimum atomic E-state index is -0.191. The predicted molar refractivity (Wildman–Crippen MR) is 78.1 cm³/mol. The van der Waals surface area contributed by atoms with Crippen LogP contribution in [-0.2, 0) is 0 Å². The van der Waals surface area contributed by atoms with Crippen molar-refractivity contribution in [1.82, 2.24) is 10.3 Å². The SMILES string of the molecule is CC(=O)c1c(C)[nH]c(C(=O)NCCC(C)N)c1C.Cl. The minimum Gasteiger partial charge on any atom is -0.354 e. The molecule has 0 bridgehead atoms. The van der Waals surface area contributed by atoms with Gasteiger partial charge in [-0.15, -0.1) is 12.4 Å². The summed E-state index contributed by atoms with van der Waals surface area (Å²) in [5.41, 5.74) is 8.12. The average molecular weight is 288 g/mol. The molecule has 0 saturated heterocycles. The lowest BCUT2D eigenvalue weighted by Crippen LogP contribution is -2.29. The Labute approximate surface area is 119 Å². The zero-order valence-electron chi connectivity index (χ0n) is 11.8. The largest absolute Gasteiger partial charge is 0.354 e. The molecule has 1 rings (SSSR count). The maximum atomic E-state index is 11.9. The van der Waals surface area contributed by atoms with Crippen LogP contribution in [0.1, 0.15) is 52.4 Å². The third-order valence-electron chi connectivity index (χ3n) is 2.90. The molecule has 0 aliphatic heterocycles. The number of amides is 1. The van der Waals surface area contributed by atoms with Gasteiger partial charge >= 0.3 is 0 Å². The van der Waals surface area contributed by atoms with Gasteiger partial charge in [-0.05, 0) is 39.7 Å². The highest BCUT2D eigenvalue weighted by molar-refractivity contribution is 6.02. The van der Waals surface area contributed by atoms with E-state index >= 15 is 0 Å². The lowest BCUT2D eigenvalue weighted by molar-refractivity contribution is 0.0947. The number of aryl methyl sites for hydroxylation is 1. The summed E-state index contributed by atoms with van der Waals surface area (Å²) in [7, 11) is 0. The van der Waals surface area contributed by atoms with Gasteiger partial charge < -0.3 is 16.0 Å². The summed E-state index contributed by atoms with van der Waals surface area (Å²) in [5, 5.41) is 2.79. The van der Waals surface area contributed by atoms with Gasteiger partial charge in [-0.3, -0.25) is 9.59 Å². The summed E-state index contributed by atoms with van der Waals surface area (Å²) in [6.07, 6.45) is 0.726. The fraction of sp³-hybridized carbons (Fsp3) is 0.538. The number of nitrogens with two attached hydrogens (primary N) is 1. The number of H-pyrrole nitrogens is 1. The first-order valence-corrected chi connectivity index (χ1v) is 6.08. The minimum absolute atomic E-state index is 0. The van der Waals surface area contributed by atoms with Crippen LogP contribution in [0.3, 0.4) is 0 Å². The standard InChI is InChI=1S/C13H21N3O2.ClH/c1-7(14)5-6-15-13(18)12-8(2)11(10(4)17)9(3)16-12;/h7,16H,5-6,14H2,1-4H3,(H,15,18);1H. The van der Waals surface area contributed by atoms with Crippen molar-refractivity contribution in [2.75, 3.05) is 6.54 Å². The molecule has 0 radical (unpaired) electrons. The van der Waals surface area contributed by atoms with Crippen LogP contribution in [0.2, 0.25) is 0 Å². The van der Waals surface area contributed by atoms with E-state index in [-0.39, 0.29) is 30.1 Å². The Morgan fingerprint density at radius 2 is 1.95 bits per heavy atom. The number of hydrogen-bond acceptors (Lipinski definition) is 3. The van der Waals surface area contributed by atoms with Gasteiger partial charge in [-0.25, -0.2) is 0 Å². The second-order valence-electron chi connectivity index (χ2n) is 4.70. The van der Waals surface area contributed by atoms with Crippen LogP contribution >= 0.6 is 12.4 Å². The molecule has 4 N–H and O–H groups in total. The highest BCUT2D eigenvalue weighted by Gasteiger charge is 2.19. The van der Waals surface area contributed by atoms with Crippen LogP contribution in [0, 0.1) is 13.8 Å². The van der Waals surface area contributed by atoms with E-state index in [1.807, 2.05) is 6.92 Å². The summed E-state index contributed by atoms with van der Waals surface area (Å²) < 4.78 is 0. The van der Waals surface area contributed by atoms with E-state index in [9.17, 15) is 9.59 Å². The maximum absolute atomic E-state index is 11.9. The topological polar surface area (TPSA) is 88.0 Å². The van der Waals surface area contributed by atoms with Gasteiger partial charge in [-0.2, -0.15) is 0 Å². The van der Waals surface area contributed by atoms with E-state index in [0.717, 1.165) is 12.1 Å². The van der Waals surface area contributed by atoms with E-state index in [1.165, 1.54) is 6.92 Å². The first-order chi connectivity index (χ1) is 8.34. The number of carbonyl (C=O) groups is 2. The molecule has 1 aromatic rings. The normalized spacial score (nSPS) is 11.6. The van der Waals surface area contributed by atoms with Crippen LogP contribution in [-0.4, -0.2) is 29.3 Å². The van der Waals surface area contributed by atoms with Crippen LogP contribution in [0.15, 0.2) is 0 Å². The number of nitrogens with one attached hydrogen (secondary N) is 2. The highest BCUT2D eigenvalue weighted by Crippen LogP contribution is 2.18. The Balaban J connectivity index is 0.00000324. The average Bonchev–Trinajstić information content (AvgIpc) is 2.53. The second-order valence-corrected chi connectivity index (χ2v) is 4.70. The number of Topliss-reactive ketones (excluding diaryl/α,β-unsaturated/α-hetero) is 1. The maximum Gasteiger partial charge on any atom is 0.268 e. The fourth-order valence-corrected chi connectivity index (χ4v) is 2.01. The van der Waals surface area contributed by atoms with Gasteiger partial charge in [0, 0.05) is 23.8 Å². The van der Waals surface area contributed by atoms with Crippen LogP contribution in [0.5, 0.6) is 0 Å². The Kier molecular flexibility index (Phi) is 6.79. The summed E-state index contributed by atoms with van der Waals surface area (Å²) in [4.78, 5) is 26.4. The lowest BCUT2D eigenvalue weighted by Gasteiger charge is -2.07. The second kappa shape index (κ2) is 7.31. The van der Waals surface area contributed by atoms with Gasteiger partial charge in [0.2, 0.25) is 0 Å². The first kappa shape index (κ1) is 17.7. The van der Waals surface area contributed by atoms with Crippen molar-refractivity contribution in [3.05, 3.63) is 22.5 Å². The predicted octanol–water partition coefficient (Wildman–Crippen LogP) is 1.72. The molecule has 1 amide bonds. The number of aromatic amines is 1. The molecule has 0 fully saturated rings. The molecule has 108 valence electrons. The Morgan fingerprint density at radius 1 is 1.37 bits per heavy atom. The van der Waals surface area contributed by atoms with Crippen LogP contribution in [0.25, 0.3) is 0 Å². The molecule has 0 aliphatic carbocycles. The third-order valence-corrected chi connectivity index (χ3v) is 2.90. The van der Waals surface area contributed by atoms with Gasteiger partial charge in [-0.1, -0.05) is 0 Å². The van der Waals surface area contributed by atoms with Gasteiger partial charge in [0.05, 0.1) is 0 Å². The van der Waals surface area contributed by atoms with Crippen molar-refractivity contribution < 1.29 is 9.59 Å². The molecule has 19 heavy (non-hydrogen) atoms. The van der Waals surface area contributed by atoms with Crippen LogP contribution < -0.4 is 11.1 Å². The first-order valence-electron chi connectivity index (χ1n) is 6.08. The van der Waals surface area contributed by atoms with Crippen molar-refractivity contribution in [3.8, 4) is 0 Å². The van der Waals surface area contributed by atoms with Crippen LogP contribution in [0.4, 0.5) is 0 Å². The van der Waals surface area contributed by atoms with E-state index in [0.29, 0.717) is 23.4 Å². The van der Waals surface area contributed by atoms with E-state index in [2.05, 4.69) is 10.3 Å². The Bertz CT molecular complexity index is 467. The molecule has 0 spiro atoms. The molecular weight excluding hydrogens is 266 g/mol. The zero-order valence-corrected chi connectivity index (χ0v) is 12.6. The number of halogens is 1. The molecule has 0 aliphatic rings. The van der Waals surface area contributed by atoms with Gasteiger partial charge in [0.15, 0.2) is 5.78 Å². The van der Waals surface area contributed by atoms with E-state index in [4.69, 9.17) is 5.73 Å². The fourth-order valence-electron chi connectivity index (χ4n) is 2.01. The molecule has 6 heteroatoms. The summed E-state index contributed by atoms with van der Waals surface area (Å²) in [5.74, 6) is -0.223. The molecule has 0 saturated carbocycles. The molecule has 1 atom stereocenters. The van der Waals surface area contributed by atoms with Gasteiger partial charge in [0.25, 0.3) is 5.91 Å². The molecule has 1 aromatic heterocycles. The summed E-state index contributed by atoms with van der Waals surface area (Å²) in [6.45, 7) is 7.50. The smallest absolute Gasteiger partial charge is 0.268 e. The van der Waals surface area contributed by atoms with Crippen molar-refractivity contribution in [2.45, 2.75) is 40.2 Å². The quantitative estimate of drug-likeness (QED) is 0.721. The highest BCUT2D eigenvalue weighted by atomic mass is 35.5. The number of hydrogen-bond donors (Lipinski definition) is 3. The van der Waals surface area contributed by atoms with Crippen molar-refractivity contribution >= 4 is 24.1 Å². The molecule has 1 heterocycles. The summed E-state index contributed by atoms with van der Waals surface area (Å²) >= 11 is 0. The lowest BCUT2D eigenvalue weighted by atomic mass is 10.1. The van der Waals surface area contributed by atoms with Gasteiger partial charge in [0.1, 0.15) is 5.69 Å². The van der Waals surface area contributed by atoms with E-state index < -0.39 is 0 Å². The zero-order chi connectivity index (χ0) is 13.9. The molecule has 5 nitrogen and oxygen atoms in total. The summed E-state index contributed by atoms with van der Waals surface area (Å²) in [6, 6.07) is 0.0598. The molecule has 0 aromatic carbocycles. The number of aromatic nitrogens is 1. The monoisotopic (exact) mass is 287 g/mol. The Morgan fingerprint density at radius 3 is 2.37 bits per heavy atom. The number of ketones is 1. The van der Waals surface area contributed by atoms with Crippen molar-refractivity contribution in [3.63, 3.8) is 0 Å². The number of rotatable bonds is 5. The Hall–Kier alpha value is -1.33. The van der Waals surface area contributed by atoms with Crippen molar-refractivity contribution in [1.29, 1.82) is 0 Å². The molecule has 1 unspecified atom stereocenters. The van der Waals surface area contributed by atoms with E-state index in [1.54, 1.807) is 13.8 Å².